The zero-order chi connectivity index (χ0) is 16.2. The number of benzene rings is 1. The molecule has 0 saturated carbocycles. The summed E-state index contributed by atoms with van der Waals surface area (Å²) in [7, 11) is 1.65. The lowest BCUT2D eigenvalue weighted by molar-refractivity contribution is -0.138. The first-order valence-electron chi connectivity index (χ1n) is 7.63. The summed E-state index contributed by atoms with van der Waals surface area (Å²) in [6.07, 6.45) is 0.344. The second-order valence-electron chi connectivity index (χ2n) is 5.56. The van der Waals surface area contributed by atoms with Crippen LogP contribution in [0.25, 0.3) is 10.6 Å². The second kappa shape index (κ2) is 7.10. The molecule has 0 bridgehead atoms. The summed E-state index contributed by atoms with van der Waals surface area (Å²) >= 11 is 1.56. The normalized spacial score (nSPS) is 18.0. The Bertz CT molecular complexity index is 669. The van der Waals surface area contributed by atoms with E-state index in [0.29, 0.717) is 26.2 Å². The molecular formula is C17H20N2O3S. The van der Waals surface area contributed by atoms with Crippen LogP contribution in [-0.4, -0.2) is 48.7 Å². The van der Waals surface area contributed by atoms with E-state index >= 15 is 0 Å². The molecule has 1 fully saturated rings. The molecule has 0 N–H and O–H groups in total. The minimum atomic E-state index is 0.118. The van der Waals surface area contributed by atoms with Gasteiger partial charge in [0.1, 0.15) is 10.8 Å². The average Bonchev–Trinajstić information content (AvgIpc) is 3.03. The molecule has 1 aliphatic heterocycles. The summed E-state index contributed by atoms with van der Waals surface area (Å²) in [6, 6.07) is 7.92. The SMILES string of the molecule is COc1ccc(-c2nc(CC(=O)N3CCOC[C@@H]3C)cs2)cc1. The van der Waals surface area contributed by atoms with Gasteiger partial charge >= 0.3 is 0 Å². The second-order valence-corrected chi connectivity index (χ2v) is 6.42. The summed E-state index contributed by atoms with van der Waals surface area (Å²) in [5.41, 5.74) is 1.86. The molecule has 1 aromatic carbocycles. The third-order valence-electron chi connectivity index (χ3n) is 3.91. The maximum Gasteiger partial charge on any atom is 0.229 e. The van der Waals surface area contributed by atoms with Crippen molar-refractivity contribution in [3.63, 3.8) is 0 Å². The standard InChI is InChI=1S/C17H20N2O3S/c1-12-10-22-8-7-19(12)16(20)9-14-11-23-17(18-14)13-3-5-15(21-2)6-4-13/h3-6,11-12H,7-10H2,1-2H3/t12-/m0/s1. The molecular weight excluding hydrogens is 312 g/mol. The highest BCUT2D eigenvalue weighted by molar-refractivity contribution is 7.13. The van der Waals surface area contributed by atoms with Crippen molar-refractivity contribution in [3.8, 4) is 16.3 Å². The summed E-state index contributed by atoms with van der Waals surface area (Å²) in [5, 5.41) is 2.88. The third-order valence-corrected chi connectivity index (χ3v) is 4.85. The first-order chi connectivity index (χ1) is 11.2. The van der Waals surface area contributed by atoms with Gasteiger partial charge in [-0.05, 0) is 31.2 Å². The highest BCUT2D eigenvalue weighted by Crippen LogP contribution is 2.26. The highest BCUT2D eigenvalue weighted by Gasteiger charge is 2.24. The number of carbonyl (C=O) groups is 1. The van der Waals surface area contributed by atoms with Gasteiger partial charge in [-0.25, -0.2) is 4.98 Å². The predicted octanol–water partition coefficient (Wildman–Crippen LogP) is 2.61. The van der Waals surface area contributed by atoms with Crippen LogP contribution in [0.15, 0.2) is 29.6 Å². The lowest BCUT2D eigenvalue weighted by Gasteiger charge is -2.33. The van der Waals surface area contributed by atoms with Crippen LogP contribution in [0, 0.1) is 0 Å². The van der Waals surface area contributed by atoms with E-state index in [4.69, 9.17) is 9.47 Å². The van der Waals surface area contributed by atoms with Crippen LogP contribution >= 0.6 is 11.3 Å². The first-order valence-corrected chi connectivity index (χ1v) is 8.51. The van der Waals surface area contributed by atoms with Crippen molar-refractivity contribution in [2.24, 2.45) is 0 Å². The van der Waals surface area contributed by atoms with Gasteiger partial charge in [0, 0.05) is 17.5 Å². The van der Waals surface area contributed by atoms with Gasteiger partial charge in [-0.3, -0.25) is 4.79 Å². The van der Waals surface area contributed by atoms with Gasteiger partial charge in [0.05, 0.1) is 38.5 Å². The van der Waals surface area contributed by atoms with Crippen molar-refractivity contribution in [2.45, 2.75) is 19.4 Å². The molecule has 0 aliphatic carbocycles. The largest absolute Gasteiger partial charge is 0.497 e. The van der Waals surface area contributed by atoms with Gasteiger partial charge in [-0.15, -0.1) is 11.3 Å². The van der Waals surface area contributed by atoms with Gasteiger partial charge in [0.15, 0.2) is 0 Å². The van der Waals surface area contributed by atoms with E-state index in [9.17, 15) is 4.79 Å². The van der Waals surface area contributed by atoms with Crippen LogP contribution < -0.4 is 4.74 Å². The van der Waals surface area contributed by atoms with Crippen molar-refractivity contribution < 1.29 is 14.3 Å². The van der Waals surface area contributed by atoms with E-state index in [2.05, 4.69) is 4.98 Å². The molecule has 3 rings (SSSR count). The molecule has 1 amide bonds. The fourth-order valence-corrected chi connectivity index (χ4v) is 3.43. The fraction of sp³-hybridized carbons (Fsp3) is 0.412. The Hall–Kier alpha value is -1.92. The molecule has 0 radical (unpaired) electrons. The topological polar surface area (TPSA) is 51.7 Å². The average molecular weight is 332 g/mol. The Labute approximate surface area is 139 Å². The number of rotatable bonds is 4. The minimum Gasteiger partial charge on any atom is -0.497 e. The van der Waals surface area contributed by atoms with Gasteiger partial charge in [-0.1, -0.05) is 0 Å². The van der Waals surface area contributed by atoms with Crippen molar-refractivity contribution in [1.82, 2.24) is 9.88 Å². The quantitative estimate of drug-likeness (QED) is 0.864. The maximum atomic E-state index is 12.4. The predicted molar refractivity (Wildman–Crippen MR) is 89.8 cm³/mol. The molecule has 6 heteroatoms. The van der Waals surface area contributed by atoms with Crippen LogP contribution in [-0.2, 0) is 16.0 Å². The van der Waals surface area contributed by atoms with Crippen molar-refractivity contribution in [1.29, 1.82) is 0 Å². The highest BCUT2D eigenvalue weighted by atomic mass is 32.1. The van der Waals surface area contributed by atoms with E-state index in [0.717, 1.165) is 22.0 Å². The number of thiazole rings is 1. The summed E-state index contributed by atoms with van der Waals surface area (Å²) in [4.78, 5) is 18.9. The van der Waals surface area contributed by atoms with Gasteiger partial charge in [0.25, 0.3) is 0 Å². The lowest BCUT2D eigenvalue weighted by Crippen LogP contribution is -2.47. The number of amides is 1. The van der Waals surface area contributed by atoms with Crippen LogP contribution in [0.5, 0.6) is 5.75 Å². The lowest BCUT2D eigenvalue weighted by atomic mass is 10.2. The van der Waals surface area contributed by atoms with E-state index in [1.165, 1.54) is 0 Å². The number of hydrogen-bond donors (Lipinski definition) is 0. The molecule has 1 aromatic heterocycles. The molecule has 0 spiro atoms. The Morgan fingerprint density at radius 1 is 1.43 bits per heavy atom. The van der Waals surface area contributed by atoms with Crippen LogP contribution in [0.4, 0.5) is 0 Å². The van der Waals surface area contributed by atoms with E-state index in [1.54, 1.807) is 18.4 Å². The number of carbonyl (C=O) groups excluding carboxylic acids is 1. The maximum absolute atomic E-state index is 12.4. The van der Waals surface area contributed by atoms with Crippen LogP contribution in [0.3, 0.4) is 0 Å². The number of aromatic nitrogens is 1. The Kier molecular flexibility index (Phi) is 4.93. The third kappa shape index (κ3) is 3.71. The van der Waals surface area contributed by atoms with Gasteiger partial charge in [0.2, 0.25) is 5.91 Å². The molecule has 1 saturated heterocycles. The van der Waals surface area contributed by atoms with E-state index in [1.807, 2.05) is 41.5 Å². The molecule has 23 heavy (non-hydrogen) atoms. The Morgan fingerprint density at radius 3 is 2.91 bits per heavy atom. The van der Waals surface area contributed by atoms with Crippen molar-refractivity contribution >= 4 is 17.2 Å². The fourth-order valence-electron chi connectivity index (χ4n) is 2.61. The van der Waals surface area contributed by atoms with Gasteiger partial charge in [-0.2, -0.15) is 0 Å². The van der Waals surface area contributed by atoms with E-state index < -0.39 is 0 Å². The molecule has 122 valence electrons. The first kappa shape index (κ1) is 16.0. The zero-order valence-corrected chi connectivity index (χ0v) is 14.1. The Morgan fingerprint density at radius 2 is 2.22 bits per heavy atom. The number of nitrogens with zero attached hydrogens (tertiary/aromatic N) is 2. The van der Waals surface area contributed by atoms with Crippen molar-refractivity contribution in [3.05, 3.63) is 35.3 Å². The van der Waals surface area contributed by atoms with Crippen LogP contribution in [0.2, 0.25) is 0 Å². The smallest absolute Gasteiger partial charge is 0.229 e. The molecule has 2 aromatic rings. The zero-order valence-electron chi connectivity index (χ0n) is 13.3. The van der Waals surface area contributed by atoms with Crippen molar-refractivity contribution in [2.75, 3.05) is 26.9 Å². The van der Waals surface area contributed by atoms with Gasteiger partial charge < -0.3 is 14.4 Å². The monoisotopic (exact) mass is 332 g/mol. The number of ether oxygens (including phenoxy) is 2. The Balaban J connectivity index is 1.67. The molecule has 1 aliphatic rings. The van der Waals surface area contributed by atoms with E-state index in [-0.39, 0.29) is 11.9 Å². The summed E-state index contributed by atoms with van der Waals surface area (Å²) in [5.74, 6) is 0.939. The molecule has 1 atom stereocenters. The number of hydrogen-bond acceptors (Lipinski definition) is 5. The molecule has 2 heterocycles. The number of methoxy groups -OCH3 is 1. The van der Waals surface area contributed by atoms with Crippen LogP contribution in [0.1, 0.15) is 12.6 Å². The number of morpholine rings is 1. The summed E-state index contributed by atoms with van der Waals surface area (Å²) < 4.78 is 10.5. The molecule has 5 nitrogen and oxygen atoms in total. The molecule has 0 unspecified atom stereocenters. The summed E-state index contributed by atoms with van der Waals surface area (Å²) in [6.45, 7) is 3.90. The minimum absolute atomic E-state index is 0.118.